The summed E-state index contributed by atoms with van der Waals surface area (Å²) in [6.07, 6.45) is 8.13. The fraction of sp³-hybridized carbons (Fsp3) is 0.429. The molecule has 0 radical (unpaired) electrons. The van der Waals surface area contributed by atoms with Crippen LogP contribution in [0.1, 0.15) is 68.2 Å². The van der Waals surface area contributed by atoms with Crippen molar-refractivity contribution in [2.75, 3.05) is 5.32 Å². The maximum absolute atomic E-state index is 15.0. The highest BCUT2D eigenvalue weighted by Gasteiger charge is 2.37. The van der Waals surface area contributed by atoms with E-state index in [1.54, 1.807) is 12.4 Å². The van der Waals surface area contributed by atoms with Crippen LogP contribution < -0.4 is 11.1 Å². The van der Waals surface area contributed by atoms with E-state index in [9.17, 15) is 18.3 Å². The molecule has 8 heteroatoms. The Hall–Kier alpha value is -2.97. The predicted molar refractivity (Wildman–Crippen MR) is 133 cm³/mol. The molecular weight excluding hydrogens is 465 g/mol. The minimum atomic E-state index is -1.22. The summed E-state index contributed by atoms with van der Waals surface area (Å²) in [5.74, 6) is -1.88. The van der Waals surface area contributed by atoms with Gasteiger partial charge in [0, 0.05) is 12.2 Å². The topological polar surface area (TPSA) is 84.1 Å². The lowest BCUT2D eigenvalue weighted by Gasteiger charge is -2.37. The van der Waals surface area contributed by atoms with E-state index in [-0.39, 0.29) is 18.2 Å². The quantitative estimate of drug-likeness (QED) is 0.403. The number of anilines is 1. The lowest BCUT2D eigenvalue weighted by atomic mass is 9.75. The van der Waals surface area contributed by atoms with Gasteiger partial charge in [-0.1, -0.05) is 6.92 Å². The average Bonchev–Trinajstić information content (AvgIpc) is 2.82. The smallest absolute Gasteiger partial charge is 0.149 e. The highest BCUT2D eigenvalue weighted by molar-refractivity contribution is 5.63. The van der Waals surface area contributed by atoms with Crippen LogP contribution in [-0.2, 0) is 12.1 Å². The van der Waals surface area contributed by atoms with E-state index >= 15 is 0 Å². The van der Waals surface area contributed by atoms with Crippen LogP contribution in [-0.4, -0.2) is 21.1 Å². The Morgan fingerprint density at radius 1 is 1.06 bits per heavy atom. The zero-order chi connectivity index (χ0) is 25.4. The molecule has 2 heterocycles. The average molecular weight is 497 g/mol. The number of nitrogens with zero attached hydrogens (tertiary/aromatic N) is 2. The number of aromatic nitrogens is 2. The molecule has 2 saturated carbocycles. The molecule has 0 aliphatic heterocycles. The third-order valence-corrected chi connectivity index (χ3v) is 7.63. The molecule has 5 rings (SSSR count). The maximum atomic E-state index is 15.0. The molecular formula is C28H31F3N4O. The van der Waals surface area contributed by atoms with E-state index in [1.165, 1.54) is 6.07 Å². The molecule has 3 aromatic rings. The lowest BCUT2D eigenvalue weighted by molar-refractivity contribution is -0.0392. The first-order chi connectivity index (χ1) is 17.2. The summed E-state index contributed by atoms with van der Waals surface area (Å²) in [7, 11) is 0. The van der Waals surface area contributed by atoms with Crippen molar-refractivity contribution in [2.24, 2.45) is 11.7 Å². The molecule has 0 bridgehead atoms. The first-order valence-corrected chi connectivity index (χ1v) is 12.5. The van der Waals surface area contributed by atoms with Crippen LogP contribution in [0.25, 0.3) is 11.3 Å². The molecule has 4 N–H and O–H groups in total. The molecule has 0 amide bonds. The van der Waals surface area contributed by atoms with Gasteiger partial charge in [-0.05, 0) is 91.8 Å². The first kappa shape index (κ1) is 24.7. The van der Waals surface area contributed by atoms with Crippen molar-refractivity contribution in [1.82, 2.24) is 9.97 Å². The van der Waals surface area contributed by atoms with Crippen molar-refractivity contribution in [3.05, 3.63) is 77.0 Å². The molecule has 2 fully saturated rings. The zero-order valence-corrected chi connectivity index (χ0v) is 20.3. The number of pyridine rings is 2. The molecule has 2 aromatic heterocycles. The summed E-state index contributed by atoms with van der Waals surface area (Å²) in [5, 5.41) is 13.8. The van der Waals surface area contributed by atoms with E-state index in [0.29, 0.717) is 30.4 Å². The van der Waals surface area contributed by atoms with Crippen molar-refractivity contribution in [2.45, 2.75) is 69.6 Å². The first-order valence-electron chi connectivity index (χ1n) is 12.5. The lowest BCUT2D eigenvalue weighted by Crippen LogP contribution is -2.33. The highest BCUT2D eigenvalue weighted by atomic mass is 19.1. The number of nitrogens with one attached hydrogen (secondary N) is 1. The van der Waals surface area contributed by atoms with Crippen LogP contribution in [0.3, 0.4) is 0 Å². The van der Waals surface area contributed by atoms with Crippen molar-refractivity contribution in [1.29, 1.82) is 0 Å². The predicted octanol–water partition coefficient (Wildman–Crippen LogP) is 5.78. The second kappa shape index (κ2) is 9.82. The Bertz CT molecular complexity index is 1230. The van der Waals surface area contributed by atoms with Gasteiger partial charge in [0.1, 0.15) is 23.1 Å². The maximum Gasteiger partial charge on any atom is 0.149 e. The summed E-state index contributed by atoms with van der Waals surface area (Å²) in [6.45, 7) is 2.43. The zero-order valence-electron chi connectivity index (χ0n) is 20.3. The van der Waals surface area contributed by atoms with E-state index in [0.717, 1.165) is 55.1 Å². The summed E-state index contributed by atoms with van der Waals surface area (Å²) in [6, 6.07) is 6.97. The number of nitrogens with two attached hydrogens (primary N) is 1. The summed E-state index contributed by atoms with van der Waals surface area (Å²) in [4.78, 5) is 8.49. The largest absolute Gasteiger partial charge is 0.385 e. The van der Waals surface area contributed by atoms with Gasteiger partial charge in [-0.2, -0.15) is 0 Å². The van der Waals surface area contributed by atoms with E-state index in [1.807, 2.05) is 6.07 Å². The summed E-state index contributed by atoms with van der Waals surface area (Å²) < 4.78 is 44.6. The number of hydrogen-bond acceptors (Lipinski definition) is 5. The number of halogens is 3. The number of rotatable bonds is 6. The molecule has 2 aliphatic carbocycles. The van der Waals surface area contributed by atoms with E-state index in [4.69, 9.17) is 5.73 Å². The van der Waals surface area contributed by atoms with Crippen LogP contribution in [0.2, 0.25) is 0 Å². The van der Waals surface area contributed by atoms with Crippen LogP contribution in [0.4, 0.5) is 18.9 Å². The fourth-order valence-electron chi connectivity index (χ4n) is 5.63. The fourth-order valence-corrected chi connectivity index (χ4v) is 5.63. The van der Waals surface area contributed by atoms with Gasteiger partial charge in [-0.25, -0.2) is 18.2 Å². The van der Waals surface area contributed by atoms with Crippen LogP contribution in [0.15, 0.2) is 42.7 Å². The third-order valence-electron chi connectivity index (χ3n) is 7.63. The van der Waals surface area contributed by atoms with Gasteiger partial charge in [0.25, 0.3) is 0 Å². The van der Waals surface area contributed by atoms with Gasteiger partial charge in [0.2, 0.25) is 0 Å². The van der Waals surface area contributed by atoms with Gasteiger partial charge >= 0.3 is 0 Å². The van der Waals surface area contributed by atoms with Gasteiger partial charge in [0.05, 0.1) is 35.3 Å². The molecule has 2 aliphatic rings. The third kappa shape index (κ3) is 4.84. The van der Waals surface area contributed by atoms with Crippen LogP contribution in [0.5, 0.6) is 0 Å². The second-order valence-electron chi connectivity index (χ2n) is 10.4. The normalized spacial score (nSPS) is 23.2. The molecule has 5 nitrogen and oxygen atoms in total. The SMILES string of the molecule is CC1CC(N)CC(c2ccncc2NCc2ccc(F)c(-c3c(F)cc(C4(O)CCC4)cc3F)n2)C1. The molecule has 3 atom stereocenters. The molecule has 190 valence electrons. The summed E-state index contributed by atoms with van der Waals surface area (Å²) >= 11 is 0. The number of benzene rings is 1. The van der Waals surface area contributed by atoms with Gasteiger partial charge in [-0.15, -0.1) is 0 Å². The van der Waals surface area contributed by atoms with Crippen LogP contribution in [0, 0.1) is 23.4 Å². The Balaban J connectivity index is 1.39. The molecule has 0 saturated heterocycles. The van der Waals surface area contributed by atoms with Gasteiger partial charge in [-0.3, -0.25) is 4.98 Å². The monoisotopic (exact) mass is 496 g/mol. The minimum Gasteiger partial charge on any atom is -0.385 e. The van der Waals surface area contributed by atoms with Gasteiger partial charge in [0.15, 0.2) is 0 Å². The Labute approximate surface area is 209 Å². The van der Waals surface area contributed by atoms with Crippen molar-refractivity contribution in [3.8, 4) is 11.3 Å². The standard InChI is InChI=1S/C28H31F3N4O/c1-16-9-17(11-19(32)10-16)21-5-8-33-15-25(21)34-14-20-3-4-22(29)27(35-20)26-23(30)12-18(13-24(26)31)28(36)6-2-7-28/h3-5,8,12-13,15-17,19,34,36H,2,6-7,9-11,14,32H2,1H3. The summed E-state index contributed by atoms with van der Waals surface area (Å²) in [5.41, 5.74) is 6.68. The molecule has 1 aromatic carbocycles. The molecule has 0 spiro atoms. The van der Waals surface area contributed by atoms with E-state index in [2.05, 4.69) is 22.2 Å². The molecule has 36 heavy (non-hydrogen) atoms. The second-order valence-corrected chi connectivity index (χ2v) is 10.4. The van der Waals surface area contributed by atoms with Crippen molar-refractivity contribution < 1.29 is 18.3 Å². The van der Waals surface area contributed by atoms with E-state index < -0.39 is 34.3 Å². The number of hydrogen-bond donors (Lipinski definition) is 3. The Morgan fingerprint density at radius 3 is 2.47 bits per heavy atom. The molecule has 3 unspecified atom stereocenters. The minimum absolute atomic E-state index is 0.155. The van der Waals surface area contributed by atoms with Crippen molar-refractivity contribution >= 4 is 5.69 Å². The highest BCUT2D eigenvalue weighted by Crippen LogP contribution is 2.43. The Morgan fingerprint density at radius 2 is 1.81 bits per heavy atom. The van der Waals surface area contributed by atoms with Gasteiger partial charge < -0.3 is 16.2 Å². The Kier molecular flexibility index (Phi) is 6.74. The van der Waals surface area contributed by atoms with Crippen molar-refractivity contribution in [3.63, 3.8) is 0 Å². The van der Waals surface area contributed by atoms with Crippen LogP contribution >= 0.6 is 0 Å². The number of aliphatic hydroxyl groups is 1.